The van der Waals surface area contributed by atoms with E-state index in [0.717, 1.165) is 47.1 Å². The second-order valence-corrected chi connectivity index (χ2v) is 14.6. The molecule has 12 nitrogen and oxygen atoms in total. The van der Waals surface area contributed by atoms with Crippen molar-refractivity contribution in [2.24, 2.45) is 0 Å². The monoisotopic (exact) mass is 759 g/mol. The largest absolute Gasteiger partial charge is 0.398 e. The lowest BCUT2D eigenvalue weighted by Gasteiger charge is -2.21. The SMILES string of the molecule is Cc1ccc(-c2ccc(-n3c(=O)n(-c4ccc(-c5ccc(C)c(N)c5)c(N)c4C)c(=O)n(-c4ccc(-c5ccc(C)c(N)c5)c(N)c4C)c3=O)c(C)c2N)cc1N. The molecule has 0 aliphatic rings. The highest BCUT2D eigenvalue weighted by molar-refractivity contribution is 5.85. The van der Waals surface area contributed by atoms with E-state index < -0.39 is 17.1 Å². The summed E-state index contributed by atoms with van der Waals surface area (Å²) in [5.41, 5.74) is 47.9. The fourth-order valence-electron chi connectivity index (χ4n) is 7.22. The van der Waals surface area contributed by atoms with Crippen molar-refractivity contribution in [1.29, 1.82) is 0 Å². The first-order valence-corrected chi connectivity index (χ1v) is 18.3. The first kappa shape index (κ1) is 37.8. The van der Waals surface area contributed by atoms with Gasteiger partial charge in [0.15, 0.2) is 0 Å². The minimum absolute atomic E-state index is 0.184. The van der Waals surface area contributed by atoms with Gasteiger partial charge in [0, 0.05) is 50.8 Å². The molecular weight excluding hydrogens is 715 g/mol. The lowest BCUT2D eigenvalue weighted by molar-refractivity contribution is 0.655. The summed E-state index contributed by atoms with van der Waals surface area (Å²) in [6.45, 7) is 10.9. The second-order valence-electron chi connectivity index (χ2n) is 14.6. The normalized spacial score (nSPS) is 11.3. The van der Waals surface area contributed by atoms with Gasteiger partial charge < -0.3 is 34.4 Å². The zero-order valence-electron chi connectivity index (χ0n) is 32.7. The van der Waals surface area contributed by atoms with Crippen LogP contribution < -0.4 is 51.5 Å². The molecule has 0 fully saturated rings. The first-order chi connectivity index (χ1) is 27.0. The summed E-state index contributed by atoms with van der Waals surface area (Å²) in [4.78, 5) is 44.4. The molecule has 12 heteroatoms. The third-order valence-electron chi connectivity index (χ3n) is 11.1. The molecule has 57 heavy (non-hydrogen) atoms. The molecule has 0 amide bonds. The molecular formula is C45H45N9O3. The summed E-state index contributed by atoms with van der Waals surface area (Å²) in [6.07, 6.45) is 0. The van der Waals surface area contributed by atoms with E-state index in [2.05, 4.69) is 0 Å². The third kappa shape index (κ3) is 6.17. The van der Waals surface area contributed by atoms with Gasteiger partial charge in [0.2, 0.25) is 0 Å². The number of nitrogens with two attached hydrogens (primary N) is 6. The van der Waals surface area contributed by atoms with E-state index >= 15 is 0 Å². The molecule has 7 aromatic rings. The van der Waals surface area contributed by atoms with Crippen LogP contribution in [0.4, 0.5) is 34.1 Å². The van der Waals surface area contributed by atoms with Crippen LogP contribution in [0.25, 0.3) is 50.4 Å². The summed E-state index contributed by atoms with van der Waals surface area (Å²) in [5.74, 6) is 0. The molecule has 0 saturated heterocycles. The Morgan fingerprint density at radius 1 is 0.351 bits per heavy atom. The van der Waals surface area contributed by atoms with Crippen LogP contribution in [0.1, 0.15) is 33.4 Å². The van der Waals surface area contributed by atoms with Crippen molar-refractivity contribution in [3.8, 4) is 50.4 Å². The molecule has 7 rings (SSSR count). The fraction of sp³-hybridized carbons (Fsp3) is 0.133. The Kier molecular flexibility index (Phi) is 9.28. The van der Waals surface area contributed by atoms with E-state index in [0.29, 0.717) is 67.5 Å². The summed E-state index contributed by atoms with van der Waals surface area (Å²) in [5, 5.41) is 0. The van der Waals surface area contributed by atoms with Gasteiger partial charge in [-0.1, -0.05) is 54.6 Å². The number of aromatic nitrogens is 3. The van der Waals surface area contributed by atoms with Crippen molar-refractivity contribution in [1.82, 2.24) is 13.7 Å². The molecule has 0 spiro atoms. The molecule has 1 heterocycles. The number of benzene rings is 6. The van der Waals surface area contributed by atoms with Gasteiger partial charge in [-0.25, -0.2) is 28.1 Å². The van der Waals surface area contributed by atoms with Crippen LogP contribution in [0.2, 0.25) is 0 Å². The van der Waals surface area contributed by atoms with Gasteiger partial charge in [-0.2, -0.15) is 0 Å². The first-order valence-electron chi connectivity index (χ1n) is 18.3. The molecule has 0 radical (unpaired) electrons. The Balaban J connectivity index is 1.52. The van der Waals surface area contributed by atoms with Gasteiger partial charge in [0.05, 0.1) is 17.1 Å². The number of nitrogens with zero attached hydrogens (tertiary/aromatic N) is 3. The predicted octanol–water partition coefficient (Wildman–Crippen LogP) is 6.48. The Labute approximate surface area is 329 Å². The van der Waals surface area contributed by atoms with Gasteiger partial charge >= 0.3 is 17.1 Å². The van der Waals surface area contributed by atoms with Crippen LogP contribution in [0.15, 0.2) is 105 Å². The summed E-state index contributed by atoms with van der Waals surface area (Å²) >= 11 is 0. The number of hydrogen-bond acceptors (Lipinski definition) is 9. The van der Waals surface area contributed by atoms with Gasteiger partial charge in [-0.15, -0.1) is 0 Å². The minimum atomic E-state index is -0.914. The highest BCUT2D eigenvalue weighted by Gasteiger charge is 2.25. The zero-order valence-corrected chi connectivity index (χ0v) is 32.7. The van der Waals surface area contributed by atoms with Crippen molar-refractivity contribution in [3.63, 3.8) is 0 Å². The summed E-state index contributed by atoms with van der Waals surface area (Å²) in [7, 11) is 0. The Morgan fingerprint density at radius 2 is 0.596 bits per heavy atom. The predicted molar refractivity (Wildman–Crippen MR) is 234 cm³/mol. The molecule has 6 aromatic carbocycles. The molecule has 12 N–H and O–H groups in total. The number of hydrogen-bond donors (Lipinski definition) is 6. The number of aryl methyl sites for hydroxylation is 3. The van der Waals surface area contributed by atoms with Crippen molar-refractivity contribution < 1.29 is 0 Å². The number of nitrogen functional groups attached to an aromatic ring is 6. The van der Waals surface area contributed by atoms with Gasteiger partial charge in [0.25, 0.3) is 0 Å². The fourth-order valence-corrected chi connectivity index (χ4v) is 7.22. The van der Waals surface area contributed by atoms with E-state index in [-0.39, 0.29) is 17.1 Å². The molecule has 0 bridgehead atoms. The maximum absolute atomic E-state index is 14.8. The van der Waals surface area contributed by atoms with E-state index in [1.165, 1.54) is 0 Å². The van der Waals surface area contributed by atoms with Crippen LogP contribution in [-0.4, -0.2) is 13.7 Å². The molecule has 0 aliphatic heterocycles. The van der Waals surface area contributed by atoms with Gasteiger partial charge in [-0.05, 0) is 128 Å². The maximum atomic E-state index is 14.8. The average molecular weight is 760 g/mol. The highest BCUT2D eigenvalue weighted by Crippen LogP contribution is 2.36. The van der Waals surface area contributed by atoms with E-state index in [9.17, 15) is 14.4 Å². The number of rotatable bonds is 6. The Hall–Kier alpha value is -7.47. The molecule has 0 aliphatic carbocycles. The maximum Gasteiger partial charge on any atom is 0.345 e. The Bertz CT molecular complexity index is 2660. The van der Waals surface area contributed by atoms with Crippen LogP contribution in [-0.2, 0) is 0 Å². The van der Waals surface area contributed by atoms with Crippen LogP contribution >= 0.6 is 0 Å². The van der Waals surface area contributed by atoms with Crippen molar-refractivity contribution in [2.75, 3.05) is 34.4 Å². The molecule has 0 saturated carbocycles. The smallest absolute Gasteiger partial charge is 0.345 e. The van der Waals surface area contributed by atoms with E-state index in [1.54, 1.807) is 57.2 Å². The van der Waals surface area contributed by atoms with E-state index in [1.807, 2.05) is 75.4 Å². The summed E-state index contributed by atoms with van der Waals surface area (Å²) < 4.78 is 2.86. The lowest BCUT2D eigenvalue weighted by Crippen LogP contribution is -2.53. The van der Waals surface area contributed by atoms with Crippen LogP contribution in [0, 0.1) is 41.5 Å². The average Bonchev–Trinajstić information content (AvgIpc) is 3.17. The third-order valence-corrected chi connectivity index (χ3v) is 11.1. The van der Waals surface area contributed by atoms with Crippen LogP contribution in [0.3, 0.4) is 0 Å². The lowest BCUT2D eigenvalue weighted by atomic mass is 9.97. The Morgan fingerprint density at radius 3 is 0.825 bits per heavy atom. The number of anilines is 6. The van der Waals surface area contributed by atoms with Gasteiger partial charge in [0.1, 0.15) is 0 Å². The quantitative estimate of drug-likeness (QED) is 0.102. The van der Waals surface area contributed by atoms with E-state index in [4.69, 9.17) is 34.4 Å². The minimum Gasteiger partial charge on any atom is -0.398 e. The van der Waals surface area contributed by atoms with Crippen molar-refractivity contribution >= 4 is 34.1 Å². The zero-order chi connectivity index (χ0) is 41.2. The second kappa shape index (κ2) is 14.0. The molecule has 0 atom stereocenters. The molecule has 0 unspecified atom stereocenters. The molecule has 288 valence electrons. The molecule has 1 aromatic heterocycles. The topological polar surface area (TPSA) is 222 Å². The highest BCUT2D eigenvalue weighted by atomic mass is 16.2. The van der Waals surface area contributed by atoms with Gasteiger partial charge in [-0.3, -0.25) is 0 Å². The van der Waals surface area contributed by atoms with Crippen molar-refractivity contribution in [3.05, 3.63) is 156 Å². The van der Waals surface area contributed by atoms with Crippen LogP contribution in [0.5, 0.6) is 0 Å². The van der Waals surface area contributed by atoms with Crippen molar-refractivity contribution in [2.45, 2.75) is 41.5 Å². The summed E-state index contributed by atoms with van der Waals surface area (Å²) in [6, 6.07) is 26.9. The standard InChI is InChI=1S/C45H45N9O3/c1-22-7-10-28(19-34(22)46)31-13-16-37(25(4)40(31)49)52-43(55)53(38-17-14-32(41(50)26(38)5)29-11-8-23(2)35(47)20-29)45(57)54(44(52)56)39-18-15-33(42(51)27(39)6)30-12-9-24(3)36(48)21-30/h7-21H,46-51H2,1-6H3.